The Labute approximate surface area is 124 Å². The summed E-state index contributed by atoms with van der Waals surface area (Å²) in [5, 5.41) is 0.733. The van der Waals surface area contributed by atoms with E-state index in [9.17, 15) is 8.42 Å². The minimum absolute atomic E-state index is 0.183. The van der Waals surface area contributed by atoms with Gasteiger partial charge in [0.15, 0.2) is 0 Å². The Hall–Kier alpha value is -0.390. The molecule has 1 N–H and O–H groups in total. The molecule has 0 aromatic heterocycles. The van der Waals surface area contributed by atoms with E-state index in [1.54, 1.807) is 12.1 Å². The molecule has 0 bridgehead atoms. The highest BCUT2D eigenvalue weighted by Crippen LogP contribution is 2.51. The van der Waals surface area contributed by atoms with Crippen LogP contribution < -0.4 is 4.72 Å². The first-order valence-electron chi connectivity index (χ1n) is 6.54. The zero-order valence-corrected chi connectivity index (χ0v) is 13.7. The van der Waals surface area contributed by atoms with Crippen molar-refractivity contribution in [1.82, 2.24) is 4.72 Å². The third-order valence-corrected chi connectivity index (χ3v) is 6.18. The third kappa shape index (κ3) is 3.38. The molecule has 0 heterocycles. The van der Waals surface area contributed by atoms with Crippen LogP contribution in [0.25, 0.3) is 0 Å². The summed E-state index contributed by atoms with van der Waals surface area (Å²) < 4.78 is 27.2. The van der Waals surface area contributed by atoms with Gasteiger partial charge < -0.3 is 0 Å². The van der Waals surface area contributed by atoms with Gasteiger partial charge in [0.05, 0.1) is 4.90 Å². The third-order valence-electron chi connectivity index (χ3n) is 4.12. The second-order valence-electron chi connectivity index (χ2n) is 5.62. The van der Waals surface area contributed by atoms with Gasteiger partial charge in [0.2, 0.25) is 10.0 Å². The average molecular weight is 346 g/mol. The summed E-state index contributed by atoms with van der Waals surface area (Å²) >= 11 is 3.35. The monoisotopic (exact) mass is 345 g/mol. The van der Waals surface area contributed by atoms with E-state index >= 15 is 0 Å². The fourth-order valence-electron chi connectivity index (χ4n) is 2.20. The van der Waals surface area contributed by atoms with Crippen molar-refractivity contribution in [3.8, 4) is 0 Å². The van der Waals surface area contributed by atoms with Crippen LogP contribution in [-0.2, 0) is 15.4 Å². The lowest BCUT2D eigenvalue weighted by atomic mass is 9.93. The van der Waals surface area contributed by atoms with Gasteiger partial charge in [-0.05, 0) is 41.9 Å². The van der Waals surface area contributed by atoms with Crippen molar-refractivity contribution < 1.29 is 8.42 Å². The first kappa shape index (κ1) is 15.0. The van der Waals surface area contributed by atoms with Gasteiger partial charge in [-0.25, -0.2) is 13.1 Å². The molecule has 2 rings (SSSR count). The number of hydrogen-bond acceptors (Lipinski definition) is 2. The molecule has 1 fully saturated rings. The van der Waals surface area contributed by atoms with Crippen LogP contribution in [-0.4, -0.2) is 15.0 Å². The molecule has 0 radical (unpaired) electrons. The Morgan fingerprint density at radius 3 is 2.26 bits per heavy atom. The maximum absolute atomic E-state index is 12.2. The molecule has 1 aliphatic rings. The van der Waals surface area contributed by atoms with E-state index in [1.165, 1.54) is 0 Å². The smallest absolute Gasteiger partial charge is 0.211 e. The molecule has 19 heavy (non-hydrogen) atoms. The molecule has 5 heteroatoms. The number of alkyl halides is 1. The van der Waals surface area contributed by atoms with Crippen LogP contribution in [0.4, 0.5) is 0 Å². The lowest BCUT2D eigenvalue weighted by Gasteiger charge is -2.20. The highest BCUT2D eigenvalue weighted by atomic mass is 79.9. The van der Waals surface area contributed by atoms with Crippen LogP contribution in [0.5, 0.6) is 0 Å². The van der Waals surface area contributed by atoms with Crippen LogP contribution in [0.15, 0.2) is 29.2 Å². The van der Waals surface area contributed by atoms with Crippen LogP contribution in [0.1, 0.15) is 32.3 Å². The van der Waals surface area contributed by atoms with E-state index in [0.29, 0.717) is 17.4 Å². The SMILES string of the molecule is CC(C)C1(CNS(=O)(=O)c2ccc(CBr)cc2)CC1. The van der Waals surface area contributed by atoms with Crippen molar-refractivity contribution in [2.24, 2.45) is 11.3 Å². The minimum Gasteiger partial charge on any atom is -0.211 e. The molecule has 1 aromatic rings. The second kappa shape index (κ2) is 5.54. The molecule has 0 aliphatic heterocycles. The van der Waals surface area contributed by atoms with E-state index in [0.717, 1.165) is 23.7 Å². The maximum Gasteiger partial charge on any atom is 0.240 e. The Kier molecular flexibility index (Phi) is 4.38. The summed E-state index contributed by atoms with van der Waals surface area (Å²) in [6, 6.07) is 6.99. The van der Waals surface area contributed by atoms with E-state index < -0.39 is 10.0 Å². The van der Waals surface area contributed by atoms with Crippen molar-refractivity contribution in [3.05, 3.63) is 29.8 Å². The quantitative estimate of drug-likeness (QED) is 0.804. The zero-order chi connectivity index (χ0) is 14.1. The highest BCUT2D eigenvalue weighted by molar-refractivity contribution is 9.08. The van der Waals surface area contributed by atoms with Gasteiger partial charge in [-0.15, -0.1) is 0 Å². The Balaban J connectivity index is 2.06. The van der Waals surface area contributed by atoms with Gasteiger partial charge in [-0.1, -0.05) is 41.9 Å². The number of nitrogens with one attached hydrogen (secondary N) is 1. The van der Waals surface area contributed by atoms with Gasteiger partial charge in [0.1, 0.15) is 0 Å². The normalized spacial score (nSPS) is 17.7. The molecule has 1 aliphatic carbocycles. The second-order valence-corrected chi connectivity index (χ2v) is 7.95. The van der Waals surface area contributed by atoms with Crippen molar-refractivity contribution >= 4 is 26.0 Å². The number of rotatable bonds is 6. The van der Waals surface area contributed by atoms with Gasteiger partial charge >= 0.3 is 0 Å². The summed E-state index contributed by atoms with van der Waals surface area (Å²) in [5.74, 6) is 0.519. The lowest BCUT2D eigenvalue weighted by Crippen LogP contribution is -2.32. The predicted molar refractivity (Wildman–Crippen MR) is 80.8 cm³/mol. The van der Waals surface area contributed by atoms with E-state index in [2.05, 4.69) is 34.5 Å². The summed E-state index contributed by atoms with van der Waals surface area (Å²) in [6.45, 7) is 4.87. The molecule has 0 unspecified atom stereocenters. The van der Waals surface area contributed by atoms with Crippen LogP contribution in [0, 0.1) is 11.3 Å². The van der Waals surface area contributed by atoms with E-state index in [4.69, 9.17) is 0 Å². The van der Waals surface area contributed by atoms with Crippen LogP contribution in [0.3, 0.4) is 0 Å². The molecule has 0 saturated heterocycles. The van der Waals surface area contributed by atoms with Crippen LogP contribution in [0.2, 0.25) is 0 Å². The van der Waals surface area contributed by atoms with Gasteiger partial charge in [-0.3, -0.25) is 0 Å². The molecule has 0 amide bonds. The van der Waals surface area contributed by atoms with Crippen molar-refractivity contribution in [1.29, 1.82) is 0 Å². The number of sulfonamides is 1. The Morgan fingerprint density at radius 2 is 1.84 bits per heavy atom. The molecule has 1 aromatic carbocycles. The Bertz CT molecular complexity index is 533. The van der Waals surface area contributed by atoms with Crippen molar-refractivity contribution in [3.63, 3.8) is 0 Å². The Morgan fingerprint density at radius 1 is 1.26 bits per heavy atom. The summed E-state index contributed by atoms with van der Waals surface area (Å²) in [5.41, 5.74) is 1.25. The molecule has 0 atom stereocenters. The zero-order valence-electron chi connectivity index (χ0n) is 11.3. The first-order valence-corrected chi connectivity index (χ1v) is 9.15. The molecular formula is C14H20BrNO2S. The van der Waals surface area contributed by atoms with Gasteiger partial charge in [0, 0.05) is 11.9 Å². The van der Waals surface area contributed by atoms with Crippen molar-refractivity contribution in [2.45, 2.75) is 36.9 Å². The van der Waals surface area contributed by atoms with E-state index in [1.807, 2.05) is 12.1 Å². The predicted octanol–water partition coefficient (Wildman–Crippen LogP) is 3.30. The number of benzene rings is 1. The molecular weight excluding hydrogens is 326 g/mol. The summed E-state index contributed by atoms with van der Waals surface area (Å²) in [4.78, 5) is 0.344. The fraction of sp³-hybridized carbons (Fsp3) is 0.571. The largest absolute Gasteiger partial charge is 0.240 e. The molecule has 1 saturated carbocycles. The summed E-state index contributed by atoms with van der Waals surface area (Å²) in [6.07, 6.45) is 2.24. The number of halogens is 1. The fourth-order valence-corrected chi connectivity index (χ4v) is 3.71. The minimum atomic E-state index is -3.38. The summed E-state index contributed by atoms with van der Waals surface area (Å²) in [7, 11) is -3.38. The number of hydrogen-bond donors (Lipinski definition) is 1. The topological polar surface area (TPSA) is 46.2 Å². The first-order chi connectivity index (χ1) is 8.89. The maximum atomic E-state index is 12.2. The van der Waals surface area contributed by atoms with Crippen LogP contribution >= 0.6 is 15.9 Å². The van der Waals surface area contributed by atoms with Crippen molar-refractivity contribution in [2.75, 3.05) is 6.54 Å². The lowest BCUT2D eigenvalue weighted by molar-refractivity contribution is 0.357. The van der Waals surface area contributed by atoms with E-state index in [-0.39, 0.29) is 5.41 Å². The highest BCUT2D eigenvalue weighted by Gasteiger charge is 2.45. The molecule has 106 valence electrons. The standard InChI is InChI=1S/C14H20BrNO2S/c1-11(2)14(7-8-14)10-16-19(17,18)13-5-3-12(9-15)4-6-13/h3-6,11,16H,7-10H2,1-2H3. The van der Waals surface area contributed by atoms with Gasteiger partial charge in [0.25, 0.3) is 0 Å². The molecule has 0 spiro atoms. The van der Waals surface area contributed by atoms with Gasteiger partial charge in [-0.2, -0.15) is 0 Å². The molecule has 3 nitrogen and oxygen atoms in total. The average Bonchev–Trinajstić information content (AvgIpc) is 3.18.